The molecule has 29 heavy (non-hydrogen) atoms. The summed E-state index contributed by atoms with van der Waals surface area (Å²) in [5.74, 6) is -0.990. The molecule has 1 fully saturated rings. The van der Waals surface area contributed by atoms with Crippen LogP contribution in [0.2, 0.25) is 0 Å². The Morgan fingerprint density at radius 3 is 2.45 bits per heavy atom. The summed E-state index contributed by atoms with van der Waals surface area (Å²) in [5.41, 5.74) is 2.03. The molecule has 0 aliphatic carbocycles. The summed E-state index contributed by atoms with van der Waals surface area (Å²) in [4.78, 5) is 37.8. The molecule has 0 radical (unpaired) electrons. The number of aromatic carboxylic acids is 1. The zero-order valence-corrected chi connectivity index (χ0v) is 16.3. The molecule has 2 amide bonds. The fraction of sp³-hybridized carbons (Fsp3) is 0.348. The van der Waals surface area contributed by atoms with Crippen molar-refractivity contribution in [2.75, 3.05) is 13.1 Å². The van der Waals surface area contributed by atoms with E-state index in [-0.39, 0.29) is 29.8 Å². The normalized spacial score (nSPS) is 15.9. The number of carbonyl (C=O) groups excluding carboxylic acids is 2. The van der Waals surface area contributed by atoms with Crippen molar-refractivity contribution in [1.82, 2.24) is 10.2 Å². The molecule has 1 saturated heterocycles. The minimum absolute atomic E-state index is 0.0436. The third-order valence-corrected chi connectivity index (χ3v) is 5.25. The minimum Gasteiger partial charge on any atom is -0.478 e. The van der Waals surface area contributed by atoms with Crippen LogP contribution in [0.15, 0.2) is 54.6 Å². The maximum atomic E-state index is 12.4. The number of hydrogen-bond acceptors (Lipinski definition) is 3. The van der Waals surface area contributed by atoms with Crippen LogP contribution in [-0.4, -0.2) is 46.9 Å². The van der Waals surface area contributed by atoms with E-state index in [1.807, 2.05) is 35.2 Å². The lowest BCUT2D eigenvalue weighted by atomic mass is 10.0. The van der Waals surface area contributed by atoms with Crippen molar-refractivity contribution in [2.24, 2.45) is 0 Å². The van der Waals surface area contributed by atoms with E-state index in [0.717, 1.165) is 18.4 Å². The Morgan fingerprint density at radius 2 is 1.69 bits per heavy atom. The molecule has 152 valence electrons. The van der Waals surface area contributed by atoms with Crippen LogP contribution < -0.4 is 5.32 Å². The predicted molar refractivity (Wildman–Crippen MR) is 110 cm³/mol. The first-order chi connectivity index (χ1) is 14.0. The first kappa shape index (κ1) is 20.6. The molecule has 1 heterocycles. The Balaban J connectivity index is 1.42. The molecular weight excluding hydrogens is 368 g/mol. The van der Waals surface area contributed by atoms with Gasteiger partial charge in [-0.2, -0.15) is 0 Å². The van der Waals surface area contributed by atoms with Gasteiger partial charge in [0.15, 0.2) is 0 Å². The van der Waals surface area contributed by atoms with Crippen LogP contribution in [0.5, 0.6) is 0 Å². The van der Waals surface area contributed by atoms with Crippen LogP contribution >= 0.6 is 0 Å². The monoisotopic (exact) mass is 394 g/mol. The third kappa shape index (κ3) is 5.91. The average Bonchev–Trinajstić information content (AvgIpc) is 3.20. The summed E-state index contributed by atoms with van der Waals surface area (Å²) in [6.07, 6.45) is 2.53. The van der Waals surface area contributed by atoms with Crippen LogP contribution in [-0.2, 0) is 22.4 Å². The summed E-state index contributed by atoms with van der Waals surface area (Å²) in [5, 5.41) is 12.2. The van der Waals surface area contributed by atoms with Gasteiger partial charge in [0.2, 0.25) is 11.8 Å². The van der Waals surface area contributed by atoms with Gasteiger partial charge in [-0.1, -0.05) is 48.5 Å². The van der Waals surface area contributed by atoms with Crippen molar-refractivity contribution in [2.45, 2.75) is 38.1 Å². The Morgan fingerprint density at radius 1 is 0.966 bits per heavy atom. The van der Waals surface area contributed by atoms with Crippen molar-refractivity contribution in [3.05, 3.63) is 71.3 Å². The highest BCUT2D eigenvalue weighted by Crippen LogP contribution is 2.14. The number of carboxylic acids is 1. The van der Waals surface area contributed by atoms with E-state index >= 15 is 0 Å². The molecule has 1 aliphatic rings. The highest BCUT2D eigenvalue weighted by molar-refractivity contribution is 5.89. The van der Waals surface area contributed by atoms with Gasteiger partial charge in [0, 0.05) is 32.0 Å². The summed E-state index contributed by atoms with van der Waals surface area (Å²) >= 11 is 0. The van der Waals surface area contributed by atoms with Crippen LogP contribution in [0.25, 0.3) is 0 Å². The Kier molecular flexibility index (Phi) is 7.00. The number of nitrogens with one attached hydrogen (secondary N) is 1. The SMILES string of the molecule is O=C(CCc1ccccc1C(=O)O)NC1CCN(C(=O)CCc2ccccc2)C1. The maximum Gasteiger partial charge on any atom is 0.335 e. The second kappa shape index (κ2) is 9.87. The Labute approximate surface area is 170 Å². The quantitative estimate of drug-likeness (QED) is 0.721. The molecule has 1 aliphatic heterocycles. The molecule has 2 aromatic rings. The number of rotatable bonds is 8. The van der Waals surface area contributed by atoms with Crippen LogP contribution in [0.1, 0.15) is 40.7 Å². The highest BCUT2D eigenvalue weighted by Gasteiger charge is 2.27. The molecule has 0 aromatic heterocycles. The van der Waals surface area contributed by atoms with Crippen molar-refractivity contribution in [3.63, 3.8) is 0 Å². The van der Waals surface area contributed by atoms with Gasteiger partial charge in [0.1, 0.15) is 0 Å². The van der Waals surface area contributed by atoms with Crippen molar-refractivity contribution in [3.8, 4) is 0 Å². The number of nitrogens with zero attached hydrogens (tertiary/aromatic N) is 1. The van der Waals surface area contributed by atoms with Gasteiger partial charge in [0.05, 0.1) is 5.56 Å². The van der Waals surface area contributed by atoms with E-state index in [4.69, 9.17) is 0 Å². The lowest BCUT2D eigenvalue weighted by Gasteiger charge is -2.17. The van der Waals surface area contributed by atoms with Crippen LogP contribution in [0.4, 0.5) is 0 Å². The molecule has 6 nitrogen and oxygen atoms in total. The number of aryl methyl sites for hydroxylation is 2. The number of carboxylic acid groups (broad SMARTS) is 1. The van der Waals surface area contributed by atoms with E-state index in [1.165, 1.54) is 0 Å². The smallest absolute Gasteiger partial charge is 0.335 e. The lowest BCUT2D eigenvalue weighted by Crippen LogP contribution is -2.38. The van der Waals surface area contributed by atoms with Gasteiger partial charge in [-0.15, -0.1) is 0 Å². The zero-order chi connectivity index (χ0) is 20.6. The van der Waals surface area contributed by atoms with Gasteiger partial charge in [0.25, 0.3) is 0 Å². The Hall–Kier alpha value is -3.15. The first-order valence-electron chi connectivity index (χ1n) is 9.95. The molecule has 2 N–H and O–H groups in total. The standard InChI is InChI=1S/C23H26N2O4/c26-21(12-11-18-8-4-5-9-20(18)23(28)29)24-19-14-15-25(16-19)22(27)13-10-17-6-2-1-3-7-17/h1-9,19H,10-16H2,(H,24,26)(H,28,29). The van der Waals surface area contributed by atoms with Gasteiger partial charge in [-0.05, 0) is 36.5 Å². The molecule has 0 saturated carbocycles. The fourth-order valence-electron chi connectivity index (χ4n) is 3.65. The summed E-state index contributed by atoms with van der Waals surface area (Å²) in [7, 11) is 0. The van der Waals surface area contributed by atoms with Gasteiger partial charge >= 0.3 is 5.97 Å². The number of benzene rings is 2. The highest BCUT2D eigenvalue weighted by atomic mass is 16.4. The van der Waals surface area contributed by atoms with Crippen LogP contribution in [0.3, 0.4) is 0 Å². The molecule has 3 rings (SSSR count). The van der Waals surface area contributed by atoms with Crippen LogP contribution in [0, 0.1) is 0 Å². The van der Waals surface area contributed by atoms with E-state index < -0.39 is 5.97 Å². The summed E-state index contributed by atoms with van der Waals surface area (Å²) < 4.78 is 0. The molecule has 0 bridgehead atoms. The second-order valence-electron chi connectivity index (χ2n) is 7.34. The molecule has 6 heteroatoms. The number of amides is 2. The van der Waals surface area contributed by atoms with E-state index in [1.54, 1.807) is 24.3 Å². The van der Waals surface area contributed by atoms with E-state index in [9.17, 15) is 19.5 Å². The fourth-order valence-corrected chi connectivity index (χ4v) is 3.65. The van der Waals surface area contributed by atoms with Gasteiger partial charge in [-0.3, -0.25) is 9.59 Å². The van der Waals surface area contributed by atoms with E-state index in [0.29, 0.717) is 31.5 Å². The second-order valence-corrected chi connectivity index (χ2v) is 7.34. The summed E-state index contributed by atoms with van der Waals surface area (Å²) in [6, 6.07) is 16.6. The zero-order valence-electron chi connectivity index (χ0n) is 16.3. The number of likely N-dealkylation sites (tertiary alicyclic amines) is 1. The van der Waals surface area contributed by atoms with Crippen molar-refractivity contribution < 1.29 is 19.5 Å². The first-order valence-corrected chi connectivity index (χ1v) is 9.95. The number of carbonyl (C=O) groups is 3. The average molecular weight is 394 g/mol. The minimum atomic E-state index is -0.985. The molecule has 0 spiro atoms. The van der Waals surface area contributed by atoms with Gasteiger partial charge < -0.3 is 15.3 Å². The number of hydrogen-bond donors (Lipinski definition) is 2. The predicted octanol–water partition coefficient (Wildman–Crippen LogP) is 2.67. The molecule has 2 aromatic carbocycles. The lowest BCUT2D eigenvalue weighted by molar-refractivity contribution is -0.130. The van der Waals surface area contributed by atoms with E-state index in [2.05, 4.69) is 5.32 Å². The van der Waals surface area contributed by atoms with Crippen molar-refractivity contribution in [1.29, 1.82) is 0 Å². The largest absolute Gasteiger partial charge is 0.478 e. The van der Waals surface area contributed by atoms with Crippen molar-refractivity contribution >= 4 is 17.8 Å². The molecular formula is C23H26N2O4. The topological polar surface area (TPSA) is 86.7 Å². The van der Waals surface area contributed by atoms with Gasteiger partial charge in [-0.25, -0.2) is 4.79 Å². The summed E-state index contributed by atoms with van der Waals surface area (Å²) in [6.45, 7) is 1.19. The molecule has 1 atom stereocenters. The molecule has 1 unspecified atom stereocenters. The third-order valence-electron chi connectivity index (χ3n) is 5.25. The Bertz CT molecular complexity index is 866. The maximum absolute atomic E-state index is 12.4.